The van der Waals surface area contributed by atoms with Gasteiger partial charge < -0.3 is 30.0 Å². The molecule has 3 heterocycles. The van der Waals surface area contributed by atoms with Gasteiger partial charge in [0.05, 0.1) is 33.5 Å². The zero-order chi connectivity index (χ0) is 30.7. The van der Waals surface area contributed by atoms with Crippen LogP contribution in [0.2, 0.25) is 0 Å². The number of hydrogen-bond donors (Lipinski definition) is 4. The molecule has 3 aromatic carbocycles. The van der Waals surface area contributed by atoms with Crippen LogP contribution in [-0.2, 0) is 12.1 Å². The van der Waals surface area contributed by atoms with E-state index < -0.39 is 28.5 Å². The highest BCUT2D eigenvalue weighted by Crippen LogP contribution is 2.42. The molecule has 12 heteroatoms. The molecule has 1 aliphatic heterocycles. The molecule has 1 saturated carbocycles. The number of aliphatic hydroxyl groups excluding tert-OH is 1. The summed E-state index contributed by atoms with van der Waals surface area (Å²) in [6.45, 7) is 1.62. The van der Waals surface area contributed by atoms with E-state index in [0.717, 1.165) is 18.1 Å². The SMILES string of the molecule is C[C@@H]1COc2c(F)c(F)cc3c(=O)c(C(=O)NC4(c5ccc(NC(=O)c6ccc7nc(CO)[nH]c7c6)cc5)CCC4)cn1c23. The molecule has 1 atom stereocenters. The minimum absolute atomic E-state index is 0.0572. The van der Waals surface area contributed by atoms with Crippen molar-refractivity contribution in [3.05, 3.63) is 99.1 Å². The van der Waals surface area contributed by atoms with Crippen molar-refractivity contribution in [3.63, 3.8) is 0 Å². The molecular formula is C32H27F2N5O5. The Morgan fingerprint density at radius 2 is 1.91 bits per heavy atom. The highest BCUT2D eigenvalue weighted by atomic mass is 19.2. The summed E-state index contributed by atoms with van der Waals surface area (Å²) in [5, 5.41) is 15.1. The van der Waals surface area contributed by atoms with Gasteiger partial charge in [0.25, 0.3) is 11.8 Å². The van der Waals surface area contributed by atoms with Crippen LogP contribution in [0.25, 0.3) is 21.9 Å². The summed E-state index contributed by atoms with van der Waals surface area (Å²) in [7, 11) is 0. The van der Waals surface area contributed by atoms with Gasteiger partial charge in [-0.25, -0.2) is 9.37 Å². The molecule has 224 valence electrons. The molecule has 1 fully saturated rings. The lowest BCUT2D eigenvalue weighted by atomic mass is 9.71. The fraction of sp³-hybridized carbons (Fsp3) is 0.250. The molecule has 0 radical (unpaired) electrons. The number of benzene rings is 3. The van der Waals surface area contributed by atoms with Crippen LogP contribution in [0.15, 0.2) is 59.5 Å². The van der Waals surface area contributed by atoms with Crippen LogP contribution >= 0.6 is 0 Å². The number of nitrogens with one attached hydrogen (secondary N) is 3. The number of carbonyl (C=O) groups is 2. The van der Waals surface area contributed by atoms with Crippen LogP contribution in [0.1, 0.15) is 64.3 Å². The van der Waals surface area contributed by atoms with Gasteiger partial charge >= 0.3 is 0 Å². The van der Waals surface area contributed by atoms with Crippen LogP contribution in [-0.4, -0.2) is 38.1 Å². The predicted molar refractivity (Wildman–Crippen MR) is 158 cm³/mol. The molecule has 0 unspecified atom stereocenters. The number of ether oxygens (including phenoxy) is 1. The molecule has 2 aromatic heterocycles. The van der Waals surface area contributed by atoms with Gasteiger partial charge in [-0.3, -0.25) is 14.4 Å². The van der Waals surface area contributed by atoms with Gasteiger partial charge in [-0.1, -0.05) is 12.1 Å². The first-order valence-corrected chi connectivity index (χ1v) is 14.2. The van der Waals surface area contributed by atoms with Crippen molar-refractivity contribution in [3.8, 4) is 5.75 Å². The number of pyridine rings is 1. The molecule has 5 aromatic rings. The maximum atomic E-state index is 14.5. The summed E-state index contributed by atoms with van der Waals surface area (Å²) in [4.78, 5) is 47.1. The number of halogens is 2. The van der Waals surface area contributed by atoms with Gasteiger partial charge in [-0.15, -0.1) is 0 Å². The second kappa shape index (κ2) is 10.3. The van der Waals surface area contributed by atoms with Crippen LogP contribution in [0.4, 0.5) is 14.5 Å². The second-order valence-electron chi connectivity index (χ2n) is 11.3. The highest BCUT2D eigenvalue weighted by molar-refractivity contribution is 6.06. The predicted octanol–water partition coefficient (Wildman–Crippen LogP) is 4.66. The smallest absolute Gasteiger partial charge is 0.257 e. The Morgan fingerprint density at radius 1 is 1.14 bits per heavy atom. The number of nitrogens with zero attached hydrogens (tertiary/aromatic N) is 2. The third kappa shape index (κ3) is 4.41. The molecule has 0 saturated heterocycles. The minimum Gasteiger partial charge on any atom is -0.486 e. The maximum absolute atomic E-state index is 14.5. The number of rotatable bonds is 6. The molecule has 10 nitrogen and oxygen atoms in total. The molecule has 7 rings (SSSR count). The number of aromatic nitrogens is 3. The summed E-state index contributed by atoms with van der Waals surface area (Å²) in [5.41, 5.74) is 1.57. The molecule has 1 aliphatic carbocycles. The summed E-state index contributed by atoms with van der Waals surface area (Å²) in [6.07, 6.45) is 3.53. The lowest BCUT2D eigenvalue weighted by molar-refractivity contribution is 0.0821. The lowest BCUT2D eigenvalue weighted by Crippen LogP contribution is -2.51. The second-order valence-corrected chi connectivity index (χ2v) is 11.3. The van der Waals surface area contributed by atoms with Crippen molar-refractivity contribution in [2.45, 2.75) is 44.4 Å². The van der Waals surface area contributed by atoms with Gasteiger partial charge in [0.2, 0.25) is 11.2 Å². The highest BCUT2D eigenvalue weighted by Gasteiger charge is 2.41. The van der Waals surface area contributed by atoms with E-state index in [2.05, 4.69) is 20.6 Å². The Bertz CT molecular complexity index is 2050. The fourth-order valence-electron chi connectivity index (χ4n) is 6.01. The first-order valence-electron chi connectivity index (χ1n) is 14.2. The zero-order valence-corrected chi connectivity index (χ0v) is 23.5. The Labute approximate surface area is 248 Å². The molecule has 0 bridgehead atoms. The first kappa shape index (κ1) is 27.7. The average Bonchev–Trinajstić information content (AvgIpc) is 3.43. The van der Waals surface area contributed by atoms with Crippen molar-refractivity contribution in [1.29, 1.82) is 0 Å². The Hall–Kier alpha value is -5.10. The number of carbonyl (C=O) groups excluding carboxylic acids is 2. The number of hydrogen-bond acceptors (Lipinski definition) is 6. The molecule has 44 heavy (non-hydrogen) atoms. The van der Waals surface area contributed by atoms with Crippen molar-refractivity contribution < 1.29 is 28.2 Å². The number of imidazole rings is 1. The lowest BCUT2D eigenvalue weighted by Gasteiger charge is -2.43. The number of aromatic amines is 1. The van der Waals surface area contributed by atoms with Crippen LogP contribution in [0.3, 0.4) is 0 Å². The molecular weight excluding hydrogens is 572 g/mol. The molecule has 2 amide bonds. The van der Waals surface area contributed by atoms with E-state index in [1.165, 1.54) is 6.20 Å². The molecule has 4 N–H and O–H groups in total. The summed E-state index contributed by atoms with van der Waals surface area (Å²) < 4.78 is 35.8. The van der Waals surface area contributed by atoms with Gasteiger partial charge in [-0.05, 0) is 68.1 Å². The third-order valence-electron chi connectivity index (χ3n) is 8.55. The van der Waals surface area contributed by atoms with E-state index in [0.29, 0.717) is 41.0 Å². The average molecular weight is 600 g/mol. The maximum Gasteiger partial charge on any atom is 0.257 e. The van der Waals surface area contributed by atoms with Crippen LogP contribution in [0, 0.1) is 11.6 Å². The molecule has 2 aliphatic rings. The van der Waals surface area contributed by atoms with E-state index in [-0.39, 0.29) is 47.4 Å². The van der Waals surface area contributed by atoms with Gasteiger partial charge in [-0.2, -0.15) is 4.39 Å². The van der Waals surface area contributed by atoms with Gasteiger partial charge in [0.15, 0.2) is 11.6 Å². The third-order valence-corrected chi connectivity index (χ3v) is 8.55. The van der Waals surface area contributed by atoms with Gasteiger partial charge in [0.1, 0.15) is 24.6 Å². The zero-order valence-electron chi connectivity index (χ0n) is 23.5. The summed E-state index contributed by atoms with van der Waals surface area (Å²) in [6, 6.07) is 12.6. The number of aliphatic hydroxyl groups is 1. The number of amides is 2. The van der Waals surface area contributed by atoms with E-state index in [9.17, 15) is 28.3 Å². The Morgan fingerprint density at radius 3 is 2.61 bits per heavy atom. The fourth-order valence-corrected chi connectivity index (χ4v) is 6.01. The monoisotopic (exact) mass is 599 g/mol. The number of fused-ring (bicyclic) bond motifs is 1. The van der Waals surface area contributed by atoms with Crippen molar-refractivity contribution in [2.24, 2.45) is 0 Å². The number of H-pyrrole nitrogens is 1. The Balaban J connectivity index is 1.13. The Kier molecular flexibility index (Phi) is 6.47. The topological polar surface area (TPSA) is 138 Å². The van der Waals surface area contributed by atoms with Gasteiger partial charge in [0, 0.05) is 17.4 Å². The van der Waals surface area contributed by atoms with E-state index in [1.54, 1.807) is 41.8 Å². The quantitative estimate of drug-likeness (QED) is 0.224. The standard InChI is InChI=1S/C32H27F2N5O5/c1-16-15-44-29-26(34)22(33)12-20-27(29)39(16)13-21(28(20)41)31(43)38-32(9-2-10-32)18-4-6-19(7-5-18)35-30(42)17-3-8-23-24(11-17)37-25(14-40)36-23/h3-8,11-13,16,40H,2,9-10,14-15H2,1H3,(H,35,42)(H,36,37)(H,38,43)/t16-/m1/s1. The minimum atomic E-state index is -1.22. The summed E-state index contributed by atoms with van der Waals surface area (Å²) >= 11 is 0. The van der Waals surface area contributed by atoms with Crippen molar-refractivity contribution >= 4 is 39.4 Å². The number of anilines is 1. The van der Waals surface area contributed by atoms with E-state index >= 15 is 0 Å². The normalized spacial score (nSPS) is 16.8. The largest absolute Gasteiger partial charge is 0.486 e. The van der Waals surface area contributed by atoms with E-state index in [4.69, 9.17) is 4.74 Å². The first-order chi connectivity index (χ1) is 21.2. The summed E-state index contributed by atoms with van der Waals surface area (Å²) in [5.74, 6) is -3.25. The molecule has 0 spiro atoms. The van der Waals surface area contributed by atoms with Crippen LogP contribution in [0.5, 0.6) is 5.75 Å². The van der Waals surface area contributed by atoms with Crippen molar-refractivity contribution in [2.75, 3.05) is 11.9 Å². The van der Waals surface area contributed by atoms with Crippen LogP contribution < -0.4 is 20.8 Å². The van der Waals surface area contributed by atoms with E-state index in [1.807, 2.05) is 12.1 Å². The van der Waals surface area contributed by atoms with Crippen molar-refractivity contribution in [1.82, 2.24) is 19.9 Å².